The van der Waals surface area contributed by atoms with Gasteiger partial charge in [-0.2, -0.15) is 5.10 Å². The van der Waals surface area contributed by atoms with Gasteiger partial charge >= 0.3 is 0 Å². The minimum atomic E-state index is -0.197. The summed E-state index contributed by atoms with van der Waals surface area (Å²) in [6.45, 7) is 2.03. The van der Waals surface area contributed by atoms with Crippen molar-refractivity contribution in [2.24, 2.45) is 0 Å². The molecule has 0 N–H and O–H groups in total. The zero-order valence-corrected chi connectivity index (χ0v) is 14.2. The van der Waals surface area contributed by atoms with Gasteiger partial charge in [-0.05, 0) is 43.4 Å². The van der Waals surface area contributed by atoms with Crippen molar-refractivity contribution >= 4 is 17.1 Å². The van der Waals surface area contributed by atoms with Gasteiger partial charge in [-0.1, -0.05) is 48.0 Å². The summed E-state index contributed by atoms with van der Waals surface area (Å²) in [4.78, 5) is 24.2. The van der Waals surface area contributed by atoms with Gasteiger partial charge in [-0.3, -0.25) is 9.59 Å². The highest BCUT2D eigenvalue weighted by Gasteiger charge is 2.21. The van der Waals surface area contributed by atoms with Crippen molar-refractivity contribution < 1.29 is 9.59 Å². The topological polar surface area (TPSA) is 52.0 Å². The normalized spacial score (nSPS) is 13.8. The molecule has 126 valence electrons. The molecule has 4 nitrogen and oxygen atoms in total. The molecule has 1 aliphatic carbocycles. The number of nitrogens with zero attached hydrogens (tertiary/aromatic N) is 2. The predicted octanol–water partition coefficient (Wildman–Crippen LogP) is 3.94. The molecule has 0 fully saturated rings. The maximum atomic E-state index is 12.4. The number of para-hydroxylation sites is 1. The van der Waals surface area contributed by atoms with E-state index in [1.54, 1.807) is 4.68 Å². The zero-order chi connectivity index (χ0) is 18.1. The summed E-state index contributed by atoms with van der Waals surface area (Å²) in [7, 11) is 0. The van der Waals surface area contributed by atoms with Gasteiger partial charge in [-0.25, -0.2) is 4.68 Å². The standard InChI is InChI=1S/C22H16N2O2/c1-15-7-9-16(10-8-15)20-14-21(19-13-18(25)11-12-22(19)26)24(23-20)17-5-3-2-4-6-17/h2-14H,1H3. The summed E-state index contributed by atoms with van der Waals surface area (Å²) in [5.74, 6) is -0.394. The molecule has 0 aliphatic heterocycles. The lowest BCUT2D eigenvalue weighted by Crippen LogP contribution is -2.11. The maximum absolute atomic E-state index is 12.4. The number of allylic oxidation sites excluding steroid dienone is 4. The lowest BCUT2D eigenvalue weighted by atomic mass is 9.99. The maximum Gasteiger partial charge on any atom is 0.188 e. The van der Waals surface area contributed by atoms with E-state index in [0.29, 0.717) is 11.3 Å². The van der Waals surface area contributed by atoms with Gasteiger partial charge in [0.25, 0.3) is 0 Å². The Labute approximate surface area is 151 Å². The van der Waals surface area contributed by atoms with Gasteiger partial charge in [0.2, 0.25) is 0 Å². The zero-order valence-electron chi connectivity index (χ0n) is 14.2. The Morgan fingerprint density at radius 1 is 0.885 bits per heavy atom. The van der Waals surface area contributed by atoms with Crippen LogP contribution in [0.1, 0.15) is 11.3 Å². The van der Waals surface area contributed by atoms with Crippen LogP contribution in [0.5, 0.6) is 0 Å². The van der Waals surface area contributed by atoms with Gasteiger partial charge in [0.1, 0.15) is 0 Å². The van der Waals surface area contributed by atoms with Crippen molar-refractivity contribution in [1.82, 2.24) is 9.78 Å². The second kappa shape index (κ2) is 6.41. The molecule has 0 bridgehead atoms. The molecule has 3 aromatic rings. The molecule has 0 atom stereocenters. The van der Waals surface area contributed by atoms with Crippen LogP contribution >= 0.6 is 0 Å². The molecule has 1 aromatic heterocycles. The highest BCUT2D eigenvalue weighted by Crippen LogP contribution is 2.28. The Hall–Kier alpha value is -3.53. The summed E-state index contributed by atoms with van der Waals surface area (Å²) < 4.78 is 1.71. The average molecular weight is 340 g/mol. The van der Waals surface area contributed by atoms with Crippen molar-refractivity contribution in [3.05, 3.63) is 90.1 Å². The smallest absolute Gasteiger partial charge is 0.188 e. The monoisotopic (exact) mass is 340 g/mol. The van der Waals surface area contributed by atoms with Crippen LogP contribution in [-0.2, 0) is 9.59 Å². The van der Waals surface area contributed by atoms with Gasteiger partial charge < -0.3 is 0 Å². The third-order valence-corrected chi connectivity index (χ3v) is 4.28. The van der Waals surface area contributed by atoms with Crippen molar-refractivity contribution in [2.75, 3.05) is 0 Å². The molecule has 0 amide bonds. The fourth-order valence-electron chi connectivity index (χ4n) is 2.91. The van der Waals surface area contributed by atoms with Gasteiger partial charge in [0.05, 0.1) is 22.6 Å². The third-order valence-electron chi connectivity index (χ3n) is 4.28. The number of rotatable bonds is 3. The van der Waals surface area contributed by atoms with E-state index in [2.05, 4.69) is 0 Å². The largest absolute Gasteiger partial charge is 0.290 e. The van der Waals surface area contributed by atoms with Crippen LogP contribution in [0.3, 0.4) is 0 Å². The molecular formula is C22H16N2O2. The van der Waals surface area contributed by atoms with Gasteiger partial charge in [0, 0.05) is 5.56 Å². The summed E-state index contributed by atoms with van der Waals surface area (Å²) in [5, 5.41) is 4.70. The quantitative estimate of drug-likeness (QED) is 0.679. The molecule has 1 aliphatic rings. The number of carbonyl (C=O) groups excluding carboxylic acids is 2. The van der Waals surface area contributed by atoms with E-state index >= 15 is 0 Å². The van der Waals surface area contributed by atoms with Crippen molar-refractivity contribution in [3.8, 4) is 16.9 Å². The SMILES string of the molecule is Cc1ccc(-c2cc(C3=CC(=O)C=CC3=O)n(-c3ccccc3)n2)cc1. The second-order valence-corrected chi connectivity index (χ2v) is 6.19. The van der Waals surface area contributed by atoms with Crippen LogP contribution < -0.4 is 0 Å². The molecule has 0 radical (unpaired) electrons. The fourth-order valence-corrected chi connectivity index (χ4v) is 2.91. The van der Waals surface area contributed by atoms with Crippen LogP contribution in [0.2, 0.25) is 0 Å². The van der Waals surface area contributed by atoms with E-state index in [-0.39, 0.29) is 11.6 Å². The van der Waals surface area contributed by atoms with E-state index in [1.807, 2.05) is 67.6 Å². The molecule has 4 heteroatoms. The van der Waals surface area contributed by atoms with Crippen LogP contribution in [-0.4, -0.2) is 21.3 Å². The first-order valence-corrected chi connectivity index (χ1v) is 8.33. The van der Waals surface area contributed by atoms with E-state index in [4.69, 9.17) is 5.10 Å². The Bertz CT molecular complexity index is 1060. The number of benzene rings is 2. The molecular weight excluding hydrogens is 324 g/mol. The minimum Gasteiger partial charge on any atom is -0.290 e. The number of hydrogen-bond acceptors (Lipinski definition) is 3. The lowest BCUT2D eigenvalue weighted by Gasteiger charge is -2.10. The van der Waals surface area contributed by atoms with E-state index in [1.165, 1.54) is 18.2 Å². The van der Waals surface area contributed by atoms with Crippen LogP contribution in [0.25, 0.3) is 22.5 Å². The van der Waals surface area contributed by atoms with Crippen LogP contribution in [0, 0.1) is 6.92 Å². The summed E-state index contributed by atoms with van der Waals surface area (Å²) in [5.41, 5.74) is 4.66. The first-order valence-electron chi connectivity index (χ1n) is 8.33. The second-order valence-electron chi connectivity index (χ2n) is 6.19. The van der Waals surface area contributed by atoms with Gasteiger partial charge in [0.15, 0.2) is 11.6 Å². The van der Waals surface area contributed by atoms with Crippen molar-refractivity contribution in [2.45, 2.75) is 6.92 Å². The van der Waals surface area contributed by atoms with Crippen molar-refractivity contribution in [1.29, 1.82) is 0 Å². The molecule has 2 aromatic carbocycles. The molecule has 26 heavy (non-hydrogen) atoms. The summed E-state index contributed by atoms with van der Waals surface area (Å²) in [6, 6.07) is 19.5. The van der Waals surface area contributed by atoms with Gasteiger partial charge in [-0.15, -0.1) is 0 Å². The molecule has 4 rings (SSSR count). The Kier molecular flexibility index (Phi) is 3.93. The highest BCUT2D eigenvalue weighted by atomic mass is 16.1. The lowest BCUT2D eigenvalue weighted by molar-refractivity contribution is -0.113. The minimum absolute atomic E-state index is 0.197. The Morgan fingerprint density at radius 2 is 1.62 bits per heavy atom. The first-order chi connectivity index (χ1) is 12.6. The molecule has 0 spiro atoms. The molecule has 0 saturated heterocycles. The number of aryl methyl sites for hydroxylation is 1. The summed E-state index contributed by atoms with van der Waals surface area (Å²) in [6.07, 6.45) is 3.97. The van der Waals surface area contributed by atoms with Crippen LogP contribution in [0.4, 0.5) is 0 Å². The highest BCUT2D eigenvalue weighted by molar-refractivity contribution is 6.33. The number of aromatic nitrogens is 2. The summed E-state index contributed by atoms with van der Waals surface area (Å²) >= 11 is 0. The number of carbonyl (C=O) groups is 2. The molecule has 0 unspecified atom stereocenters. The Balaban J connectivity index is 1.90. The van der Waals surface area contributed by atoms with E-state index < -0.39 is 0 Å². The van der Waals surface area contributed by atoms with E-state index in [9.17, 15) is 9.59 Å². The number of hydrogen-bond donors (Lipinski definition) is 0. The number of ketones is 2. The average Bonchev–Trinajstić information content (AvgIpc) is 3.10. The molecule has 0 saturated carbocycles. The predicted molar refractivity (Wildman–Crippen MR) is 101 cm³/mol. The van der Waals surface area contributed by atoms with E-state index in [0.717, 1.165) is 22.5 Å². The third kappa shape index (κ3) is 2.93. The van der Waals surface area contributed by atoms with Crippen molar-refractivity contribution in [3.63, 3.8) is 0 Å². The first kappa shape index (κ1) is 16.0. The van der Waals surface area contributed by atoms with Crippen LogP contribution in [0.15, 0.2) is 78.9 Å². The fraction of sp³-hybridized carbons (Fsp3) is 0.0455. The molecule has 1 heterocycles. The Morgan fingerprint density at radius 3 is 2.35 bits per heavy atom.